The van der Waals surface area contributed by atoms with E-state index < -0.39 is 23.7 Å². The molecule has 4 nitrogen and oxygen atoms in total. The predicted molar refractivity (Wildman–Crippen MR) is 85.1 cm³/mol. The Bertz CT molecular complexity index is 660. The summed E-state index contributed by atoms with van der Waals surface area (Å²) in [6.07, 6.45) is 2.35. The Morgan fingerprint density at radius 2 is 2.27 bits per heavy atom. The molecule has 0 spiro atoms. The minimum Gasteiger partial charge on any atom is -0.548 e. The Balaban J connectivity index is 2.30. The Labute approximate surface area is 137 Å². The number of aliphatic carboxylic acids is 1. The van der Waals surface area contributed by atoms with E-state index in [0.717, 1.165) is 16.7 Å². The smallest absolute Gasteiger partial charge is 0.266 e. The second-order valence-electron chi connectivity index (χ2n) is 4.73. The van der Waals surface area contributed by atoms with Gasteiger partial charge in [-0.2, -0.15) is 0 Å². The highest BCUT2D eigenvalue weighted by Crippen LogP contribution is 2.34. The molecule has 0 radical (unpaired) electrons. The van der Waals surface area contributed by atoms with E-state index in [1.165, 1.54) is 24.3 Å². The van der Waals surface area contributed by atoms with Crippen LogP contribution < -0.4 is 5.11 Å². The van der Waals surface area contributed by atoms with E-state index >= 15 is 0 Å². The summed E-state index contributed by atoms with van der Waals surface area (Å²) in [7, 11) is 0. The van der Waals surface area contributed by atoms with E-state index in [4.69, 9.17) is 12.2 Å². The van der Waals surface area contributed by atoms with Crippen molar-refractivity contribution in [1.29, 1.82) is 0 Å². The van der Waals surface area contributed by atoms with Crippen molar-refractivity contribution in [2.75, 3.05) is 0 Å². The number of hydrogen-bond donors (Lipinski definition) is 0. The zero-order valence-electron chi connectivity index (χ0n) is 11.7. The molecule has 0 aliphatic carbocycles. The van der Waals surface area contributed by atoms with Crippen molar-refractivity contribution in [1.82, 2.24) is 4.90 Å². The first-order chi connectivity index (χ1) is 10.4. The normalized spacial score (nSPS) is 18.1. The highest BCUT2D eigenvalue weighted by Gasteiger charge is 2.37. The zero-order chi connectivity index (χ0) is 16.3. The summed E-state index contributed by atoms with van der Waals surface area (Å²) < 4.78 is 13.4. The van der Waals surface area contributed by atoms with Crippen LogP contribution in [0.1, 0.15) is 25.3 Å². The summed E-state index contributed by atoms with van der Waals surface area (Å²) in [6, 6.07) is 4.70. The van der Waals surface area contributed by atoms with E-state index in [1.54, 1.807) is 6.07 Å². The number of nitrogens with zero attached hydrogens (tertiary/aromatic N) is 1. The zero-order valence-corrected chi connectivity index (χ0v) is 13.4. The molecular weight excluding hydrogens is 325 g/mol. The van der Waals surface area contributed by atoms with Crippen LogP contribution in [-0.2, 0) is 9.59 Å². The number of amides is 1. The number of halogens is 1. The van der Waals surface area contributed by atoms with Crippen LogP contribution in [0.3, 0.4) is 0 Å². The number of thiocarbonyl (C=S) groups is 1. The molecule has 0 aromatic heterocycles. The summed E-state index contributed by atoms with van der Waals surface area (Å²) in [4.78, 5) is 25.0. The molecule has 1 aromatic carbocycles. The van der Waals surface area contributed by atoms with Gasteiger partial charge in [0.15, 0.2) is 0 Å². The lowest BCUT2D eigenvalue weighted by atomic mass is 10.1. The standard InChI is InChI=1S/C15H14FNO3S2/c1-2-4-11(14(19)20)17-13(18)12(22-15(17)21)8-9-5-3-6-10(16)7-9/h3,5-8,11H,2,4H2,1H3,(H,19,20)/p-1/b12-8-/t11-/m0/s1. The van der Waals surface area contributed by atoms with Crippen LogP contribution >= 0.6 is 24.0 Å². The average molecular weight is 338 g/mol. The average Bonchev–Trinajstić information content (AvgIpc) is 2.71. The van der Waals surface area contributed by atoms with Crippen LogP contribution in [0.5, 0.6) is 0 Å². The van der Waals surface area contributed by atoms with E-state index in [0.29, 0.717) is 12.0 Å². The summed E-state index contributed by atoms with van der Waals surface area (Å²) in [5.74, 6) is -2.23. The lowest BCUT2D eigenvalue weighted by molar-refractivity contribution is -0.310. The first-order valence-electron chi connectivity index (χ1n) is 6.67. The third kappa shape index (κ3) is 3.53. The Morgan fingerprint density at radius 3 is 2.86 bits per heavy atom. The van der Waals surface area contributed by atoms with Gasteiger partial charge in [0.1, 0.15) is 10.1 Å². The third-order valence-electron chi connectivity index (χ3n) is 3.12. The van der Waals surface area contributed by atoms with Crippen molar-refractivity contribution in [3.05, 3.63) is 40.6 Å². The SMILES string of the molecule is CCC[C@@H](C(=O)[O-])N1C(=O)/C(=C/c2cccc(F)c2)SC1=S. The second-order valence-corrected chi connectivity index (χ2v) is 6.41. The minimum atomic E-state index is -1.33. The molecule has 0 bridgehead atoms. The van der Waals surface area contributed by atoms with Gasteiger partial charge in [-0.1, -0.05) is 49.5 Å². The highest BCUT2D eigenvalue weighted by molar-refractivity contribution is 8.26. The van der Waals surface area contributed by atoms with Gasteiger partial charge in [-0.3, -0.25) is 9.69 Å². The molecule has 7 heteroatoms. The maximum absolute atomic E-state index is 13.2. The van der Waals surface area contributed by atoms with Crippen LogP contribution in [0.25, 0.3) is 6.08 Å². The quantitative estimate of drug-likeness (QED) is 0.607. The molecule has 2 rings (SSSR count). The van der Waals surface area contributed by atoms with E-state index in [1.807, 2.05) is 6.92 Å². The summed E-state index contributed by atoms with van der Waals surface area (Å²) >= 11 is 6.12. The van der Waals surface area contributed by atoms with Gasteiger partial charge in [0.25, 0.3) is 5.91 Å². The van der Waals surface area contributed by atoms with Crippen LogP contribution in [0, 0.1) is 5.82 Å². The Kier molecular flexibility index (Phi) is 5.31. The Morgan fingerprint density at radius 1 is 1.55 bits per heavy atom. The van der Waals surface area contributed by atoms with E-state index in [9.17, 15) is 19.1 Å². The van der Waals surface area contributed by atoms with Crippen molar-refractivity contribution in [2.24, 2.45) is 0 Å². The van der Waals surface area contributed by atoms with Crippen molar-refractivity contribution in [2.45, 2.75) is 25.8 Å². The molecule has 1 heterocycles. The van der Waals surface area contributed by atoms with Crippen molar-refractivity contribution in [3.63, 3.8) is 0 Å². The molecule has 1 saturated heterocycles. The maximum Gasteiger partial charge on any atom is 0.266 e. The molecule has 1 aromatic rings. The molecule has 1 aliphatic rings. The van der Waals surface area contributed by atoms with Gasteiger partial charge in [-0.15, -0.1) is 0 Å². The largest absolute Gasteiger partial charge is 0.548 e. The number of carboxylic acid groups (broad SMARTS) is 1. The van der Waals surface area contributed by atoms with Crippen molar-refractivity contribution in [3.8, 4) is 0 Å². The fraction of sp³-hybridized carbons (Fsp3) is 0.267. The predicted octanol–water partition coefficient (Wildman–Crippen LogP) is 1.95. The summed E-state index contributed by atoms with van der Waals surface area (Å²) in [5.41, 5.74) is 0.515. The van der Waals surface area contributed by atoms with Gasteiger partial charge in [0.2, 0.25) is 0 Å². The minimum absolute atomic E-state index is 0.176. The number of carbonyl (C=O) groups excluding carboxylic acids is 2. The molecule has 1 fully saturated rings. The molecule has 1 atom stereocenters. The number of rotatable bonds is 5. The van der Waals surface area contributed by atoms with Gasteiger partial charge in [-0.25, -0.2) is 4.39 Å². The number of benzene rings is 1. The molecular formula is C15H13FNO3S2-. The summed E-state index contributed by atoms with van der Waals surface area (Å²) in [5, 5.41) is 11.2. The summed E-state index contributed by atoms with van der Waals surface area (Å²) in [6.45, 7) is 1.82. The lowest BCUT2D eigenvalue weighted by Crippen LogP contribution is -2.49. The number of carbonyl (C=O) groups is 2. The molecule has 22 heavy (non-hydrogen) atoms. The molecule has 116 valence electrons. The molecule has 0 saturated carbocycles. The van der Waals surface area contributed by atoms with Gasteiger partial charge < -0.3 is 9.90 Å². The fourth-order valence-electron chi connectivity index (χ4n) is 2.12. The number of thioether (sulfide) groups is 1. The third-order valence-corrected chi connectivity index (χ3v) is 4.45. The topological polar surface area (TPSA) is 60.4 Å². The van der Waals surface area contributed by atoms with Crippen molar-refractivity contribution < 1.29 is 19.1 Å². The fourth-order valence-corrected chi connectivity index (χ4v) is 3.48. The van der Waals surface area contributed by atoms with Gasteiger partial charge in [0, 0.05) is 0 Å². The van der Waals surface area contributed by atoms with Crippen LogP contribution in [0.2, 0.25) is 0 Å². The number of carboxylic acids is 1. The lowest BCUT2D eigenvalue weighted by Gasteiger charge is -2.27. The Hall–Kier alpha value is -1.73. The van der Waals surface area contributed by atoms with Gasteiger partial charge >= 0.3 is 0 Å². The van der Waals surface area contributed by atoms with Gasteiger partial charge in [0.05, 0.1) is 16.9 Å². The number of hydrogen-bond acceptors (Lipinski definition) is 5. The molecule has 1 amide bonds. The highest BCUT2D eigenvalue weighted by atomic mass is 32.2. The monoisotopic (exact) mass is 338 g/mol. The van der Waals surface area contributed by atoms with Crippen LogP contribution in [-0.4, -0.2) is 27.1 Å². The van der Waals surface area contributed by atoms with E-state index in [-0.39, 0.29) is 15.6 Å². The maximum atomic E-state index is 13.2. The molecule has 0 N–H and O–H groups in total. The van der Waals surface area contributed by atoms with Crippen LogP contribution in [0.15, 0.2) is 29.2 Å². The van der Waals surface area contributed by atoms with Crippen LogP contribution in [0.4, 0.5) is 4.39 Å². The van der Waals surface area contributed by atoms with E-state index in [2.05, 4.69) is 0 Å². The van der Waals surface area contributed by atoms with Gasteiger partial charge in [-0.05, 0) is 30.2 Å². The first-order valence-corrected chi connectivity index (χ1v) is 7.90. The molecule has 0 unspecified atom stereocenters. The molecule has 1 aliphatic heterocycles. The second kappa shape index (κ2) is 7.02. The first kappa shape index (κ1) is 16.6. The van der Waals surface area contributed by atoms with Crippen molar-refractivity contribution >= 4 is 46.3 Å².